The number of hydrogen-bond acceptors (Lipinski definition) is 2. The highest BCUT2D eigenvalue weighted by Crippen LogP contribution is 2.23. The highest BCUT2D eigenvalue weighted by molar-refractivity contribution is 6.30. The lowest BCUT2D eigenvalue weighted by Crippen LogP contribution is -1.99. The number of carboxylic acids is 1. The van der Waals surface area contributed by atoms with Crippen LogP contribution in [-0.2, 0) is 0 Å². The molecule has 2 aromatic carbocycles. The molecule has 0 saturated heterocycles. The molecule has 25 heavy (non-hydrogen) atoms. The van der Waals surface area contributed by atoms with Gasteiger partial charge in [-0.1, -0.05) is 17.7 Å². The Balaban J connectivity index is 1.91. The molecule has 0 atom stereocenters. The Morgan fingerprint density at radius 3 is 2.48 bits per heavy atom. The van der Waals surface area contributed by atoms with Gasteiger partial charge in [-0.3, -0.25) is 4.99 Å². The molecule has 0 bridgehead atoms. The molecule has 1 heterocycles. The molecule has 3 rings (SSSR count). The molecule has 0 amide bonds. The molecule has 126 valence electrons. The fourth-order valence-corrected chi connectivity index (χ4v) is 2.95. The van der Waals surface area contributed by atoms with Crippen LogP contribution in [0.25, 0.3) is 5.69 Å². The van der Waals surface area contributed by atoms with E-state index >= 15 is 0 Å². The number of aromatic carboxylic acids is 1. The molecular formula is C20H17ClN2O2. The minimum Gasteiger partial charge on any atom is -0.478 e. The third-order valence-electron chi connectivity index (χ3n) is 4.00. The maximum Gasteiger partial charge on any atom is 0.335 e. The van der Waals surface area contributed by atoms with Gasteiger partial charge in [0.05, 0.1) is 11.3 Å². The summed E-state index contributed by atoms with van der Waals surface area (Å²) >= 11 is 6.10. The van der Waals surface area contributed by atoms with Gasteiger partial charge >= 0.3 is 5.97 Å². The molecule has 0 unspecified atom stereocenters. The van der Waals surface area contributed by atoms with Crippen molar-refractivity contribution in [2.75, 3.05) is 0 Å². The summed E-state index contributed by atoms with van der Waals surface area (Å²) in [5.74, 6) is -0.944. The van der Waals surface area contributed by atoms with Crippen molar-refractivity contribution in [3.63, 3.8) is 0 Å². The predicted octanol–water partition coefficient (Wildman–Crippen LogP) is 5.20. The molecule has 0 radical (unpaired) electrons. The van der Waals surface area contributed by atoms with E-state index in [0.717, 1.165) is 22.6 Å². The van der Waals surface area contributed by atoms with Crippen LogP contribution < -0.4 is 0 Å². The van der Waals surface area contributed by atoms with Crippen molar-refractivity contribution in [1.29, 1.82) is 0 Å². The number of carboxylic acid groups (broad SMARTS) is 1. The van der Waals surface area contributed by atoms with Gasteiger partial charge in [0.15, 0.2) is 0 Å². The van der Waals surface area contributed by atoms with E-state index in [2.05, 4.69) is 15.6 Å². The van der Waals surface area contributed by atoms with Crippen molar-refractivity contribution in [3.8, 4) is 5.69 Å². The summed E-state index contributed by atoms with van der Waals surface area (Å²) in [6, 6.07) is 16.2. The van der Waals surface area contributed by atoms with E-state index in [4.69, 9.17) is 16.7 Å². The van der Waals surface area contributed by atoms with Gasteiger partial charge in [0, 0.05) is 33.9 Å². The maximum atomic E-state index is 10.9. The van der Waals surface area contributed by atoms with Crippen LogP contribution in [0.2, 0.25) is 5.02 Å². The van der Waals surface area contributed by atoms with Crippen molar-refractivity contribution < 1.29 is 9.90 Å². The molecule has 0 spiro atoms. The van der Waals surface area contributed by atoms with Crippen LogP contribution in [0.5, 0.6) is 0 Å². The van der Waals surface area contributed by atoms with Gasteiger partial charge in [-0.25, -0.2) is 4.79 Å². The number of halogens is 1. The highest BCUT2D eigenvalue weighted by Gasteiger charge is 2.09. The van der Waals surface area contributed by atoms with Crippen LogP contribution in [-0.4, -0.2) is 21.9 Å². The Morgan fingerprint density at radius 1 is 1.12 bits per heavy atom. The van der Waals surface area contributed by atoms with Crippen LogP contribution in [0.15, 0.2) is 59.6 Å². The average molecular weight is 353 g/mol. The molecule has 0 aliphatic heterocycles. The largest absolute Gasteiger partial charge is 0.478 e. The van der Waals surface area contributed by atoms with E-state index in [0.29, 0.717) is 10.7 Å². The summed E-state index contributed by atoms with van der Waals surface area (Å²) in [6.45, 7) is 4.07. The first-order valence-corrected chi connectivity index (χ1v) is 8.16. The summed E-state index contributed by atoms with van der Waals surface area (Å²) in [5, 5.41) is 9.62. The molecule has 0 saturated carbocycles. The van der Waals surface area contributed by atoms with Crippen LogP contribution in [0.1, 0.15) is 27.3 Å². The Kier molecular flexibility index (Phi) is 4.72. The summed E-state index contributed by atoms with van der Waals surface area (Å²) < 4.78 is 2.13. The zero-order chi connectivity index (χ0) is 18.0. The normalized spacial score (nSPS) is 11.2. The van der Waals surface area contributed by atoms with Gasteiger partial charge in [0.2, 0.25) is 0 Å². The first kappa shape index (κ1) is 17.0. The number of aliphatic imine (C=N–C) groups is 1. The molecule has 1 N–H and O–H groups in total. The number of carbonyl (C=O) groups is 1. The summed E-state index contributed by atoms with van der Waals surface area (Å²) in [4.78, 5) is 15.3. The fraction of sp³-hybridized carbons (Fsp3) is 0.100. The van der Waals surface area contributed by atoms with Gasteiger partial charge in [-0.2, -0.15) is 0 Å². The Labute approximate surface area is 151 Å². The summed E-state index contributed by atoms with van der Waals surface area (Å²) in [5.41, 5.74) is 5.11. The van der Waals surface area contributed by atoms with Crippen molar-refractivity contribution in [1.82, 2.24) is 4.57 Å². The van der Waals surface area contributed by atoms with Gasteiger partial charge in [0.25, 0.3) is 0 Å². The number of benzene rings is 2. The van der Waals surface area contributed by atoms with E-state index in [1.807, 2.05) is 38.1 Å². The highest BCUT2D eigenvalue weighted by atomic mass is 35.5. The maximum absolute atomic E-state index is 10.9. The first-order chi connectivity index (χ1) is 12.0. The van der Waals surface area contributed by atoms with Crippen LogP contribution in [0, 0.1) is 13.8 Å². The number of aromatic nitrogens is 1. The molecule has 1 aromatic heterocycles. The van der Waals surface area contributed by atoms with Crippen molar-refractivity contribution in [3.05, 3.63) is 82.1 Å². The second-order valence-electron chi connectivity index (χ2n) is 5.75. The van der Waals surface area contributed by atoms with Gasteiger partial charge in [-0.05, 0) is 62.4 Å². The SMILES string of the molecule is Cc1cc(C=Nc2ccc(C(=O)O)cc2)c(C)n1-c1cccc(Cl)c1. The van der Waals surface area contributed by atoms with E-state index < -0.39 is 5.97 Å². The van der Waals surface area contributed by atoms with Gasteiger partial charge in [0.1, 0.15) is 0 Å². The van der Waals surface area contributed by atoms with Crippen molar-refractivity contribution in [2.45, 2.75) is 13.8 Å². The van der Waals surface area contributed by atoms with Crippen LogP contribution in [0.4, 0.5) is 5.69 Å². The average Bonchev–Trinajstić information content (AvgIpc) is 2.87. The third kappa shape index (κ3) is 3.64. The van der Waals surface area contributed by atoms with Crippen molar-refractivity contribution in [2.24, 2.45) is 4.99 Å². The lowest BCUT2D eigenvalue weighted by atomic mass is 10.2. The quantitative estimate of drug-likeness (QED) is 0.656. The second kappa shape index (κ2) is 6.95. The molecule has 4 nitrogen and oxygen atoms in total. The smallest absolute Gasteiger partial charge is 0.335 e. The van der Waals surface area contributed by atoms with E-state index in [-0.39, 0.29) is 5.56 Å². The first-order valence-electron chi connectivity index (χ1n) is 7.78. The van der Waals surface area contributed by atoms with Crippen LogP contribution in [0.3, 0.4) is 0 Å². The predicted molar refractivity (Wildman–Crippen MR) is 101 cm³/mol. The molecule has 0 aliphatic rings. The minimum absolute atomic E-state index is 0.248. The monoisotopic (exact) mass is 352 g/mol. The van der Waals surface area contributed by atoms with Crippen molar-refractivity contribution >= 4 is 29.5 Å². The Bertz CT molecular complexity index is 956. The number of rotatable bonds is 4. The van der Waals surface area contributed by atoms with Gasteiger partial charge < -0.3 is 9.67 Å². The van der Waals surface area contributed by atoms with Crippen LogP contribution >= 0.6 is 11.6 Å². The molecular weight excluding hydrogens is 336 g/mol. The molecule has 0 fully saturated rings. The van der Waals surface area contributed by atoms with E-state index in [1.54, 1.807) is 30.5 Å². The number of nitrogens with zero attached hydrogens (tertiary/aromatic N) is 2. The Morgan fingerprint density at radius 2 is 1.84 bits per heavy atom. The fourth-order valence-electron chi connectivity index (χ4n) is 2.76. The summed E-state index contributed by atoms with van der Waals surface area (Å²) in [6.07, 6.45) is 1.79. The topological polar surface area (TPSA) is 54.6 Å². The summed E-state index contributed by atoms with van der Waals surface area (Å²) in [7, 11) is 0. The lowest BCUT2D eigenvalue weighted by Gasteiger charge is -2.09. The van der Waals surface area contributed by atoms with E-state index in [1.165, 1.54) is 0 Å². The standard InChI is InChI=1S/C20H17ClN2O2/c1-13-10-16(12-22-18-8-6-15(7-9-18)20(24)25)14(2)23(13)19-5-3-4-17(21)11-19/h3-12H,1-2H3,(H,24,25). The number of aryl methyl sites for hydroxylation is 1. The minimum atomic E-state index is -0.944. The third-order valence-corrected chi connectivity index (χ3v) is 4.24. The Hall–Kier alpha value is -2.85. The zero-order valence-electron chi connectivity index (χ0n) is 13.9. The second-order valence-corrected chi connectivity index (χ2v) is 6.19. The van der Waals surface area contributed by atoms with E-state index in [9.17, 15) is 4.79 Å². The molecule has 5 heteroatoms. The number of hydrogen-bond donors (Lipinski definition) is 1. The zero-order valence-corrected chi connectivity index (χ0v) is 14.7. The molecule has 0 aliphatic carbocycles. The molecule has 3 aromatic rings. The lowest BCUT2D eigenvalue weighted by molar-refractivity contribution is 0.0697. The van der Waals surface area contributed by atoms with Gasteiger partial charge in [-0.15, -0.1) is 0 Å².